The molecule has 1 saturated heterocycles. The van der Waals surface area contributed by atoms with E-state index in [1.807, 2.05) is 0 Å². The van der Waals surface area contributed by atoms with Gasteiger partial charge in [-0.15, -0.1) is 0 Å². The van der Waals surface area contributed by atoms with E-state index in [1.165, 1.54) is 7.05 Å². The maximum atomic E-state index is 11.7. The van der Waals surface area contributed by atoms with Gasteiger partial charge in [-0.1, -0.05) is 5.11 Å². The SMILES string of the molecule is CNC(=O)[C@@H]1CC[C@@H](N=[N+]=[N-])[C@@H](CNC(=O)OC(C)(C)C)O1. The van der Waals surface area contributed by atoms with Gasteiger partial charge in [0, 0.05) is 18.5 Å². The second-order valence-corrected chi connectivity index (χ2v) is 6.01. The molecule has 0 saturated carbocycles. The molecule has 0 radical (unpaired) electrons. The van der Waals surface area contributed by atoms with Gasteiger partial charge in [0.2, 0.25) is 5.91 Å². The Morgan fingerprint density at radius 1 is 1.41 bits per heavy atom. The summed E-state index contributed by atoms with van der Waals surface area (Å²) in [6.07, 6.45) is -0.785. The number of amides is 2. The van der Waals surface area contributed by atoms with Crippen LogP contribution in [0.4, 0.5) is 4.79 Å². The Morgan fingerprint density at radius 3 is 2.64 bits per heavy atom. The minimum Gasteiger partial charge on any atom is -0.444 e. The highest BCUT2D eigenvalue weighted by Crippen LogP contribution is 2.22. The van der Waals surface area contributed by atoms with E-state index in [1.54, 1.807) is 20.8 Å². The van der Waals surface area contributed by atoms with Gasteiger partial charge in [0.1, 0.15) is 11.7 Å². The molecular formula is C13H23N5O4. The summed E-state index contributed by atoms with van der Waals surface area (Å²) in [5, 5.41) is 8.76. The van der Waals surface area contributed by atoms with Crippen LogP contribution in [0.25, 0.3) is 10.4 Å². The van der Waals surface area contributed by atoms with Crippen LogP contribution in [0.1, 0.15) is 33.6 Å². The van der Waals surface area contributed by atoms with E-state index in [4.69, 9.17) is 15.0 Å². The molecule has 0 unspecified atom stereocenters. The zero-order chi connectivity index (χ0) is 16.8. The third kappa shape index (κ3) is 5.79. The van der Waals surface area contributed by atoms with Crippen molar-refractivity contribution in [3.05, 3.63) is 10.4 Å². The molecule has 0 aliphatic carbocycles. The lowest BCUT2D eigenvalue weighted by Gasteiger charge is -2.33. The summed E-state index contributed by atoms with van der Waals surface area (Å²) in [7, 11) is 1.53. The maximum Gasteiger partial charge on any atom is 0.407 e. The van der Waals surface area contributed by atoms with Crippen LogP contribution < -0.4 is 10.6 Å². The fraction of sp³-hybridized carbons (Fsp3) is 0.846. The van der Waals surface area contributed by atoms with Gasteiger partial charge < -0.3 is 20.1 Å². The largest absolute Gasteiger partial charge is 0.444 e. The first kappa shape index (κ1) is 18.1. The van der Waals surface area contributed by atoms with Gasteiger partial charge >= 0.3 is 6.09 Å². The van der Waals surface area contributed by atoms with Crippen molar-refractivity contribution >= 4 is 12.0 Å². The number of ether oxygens (including phenoxy) is 2. The molecule has 9 heteroatoms. The molecule has 0 aromatic heterocycles. The zero-order valence-electron chi connectivity index (χ0n) is 13.3. The van der Waals surface area contributed by atoms with Crippen LogP contribution in [0.3, 0.4) is 0 Å². The molecule has 9 nitrogen and oxygen atoms in total. The van der Waals surface area contributed by atoms with Crippen LogP contribution in [0.15, 0.2) is 5.11 Å². The Morgan fingerprint density at radius 2 is 2.09 bits per heavy atom. The van der Waals surface area contributed by atoms with Crippen LogP contribution >= 0.6 is 0 Å². The molecule has 1 rings (SSSR count). The van der Waals surface area contributed by atoms with Crippen molar-refractivity contribution in [3.63, 3.8) is 0 Å². The van der Waals surface area contributed by atoms with Crippen molar-refractivity contribution in [1.82, 2.24) is 10.6 Å². The summed E-state index contributed by atoms with van der Waals surface area (Å²) in [5.74, 6) is -0.235. The highest BCUT2D eigenvalue weighted by atomic mass is 16.6. The van der Waals surface area contributed by atoms with E-state index in [0.717, 1.165) is 0 Å². The number of hydrogen-bond donors (Lipinski definition) is 2. The normalized spacial score (nSPS) is 24.8. The number of carbonyl (C=O) groups is 2. The fourth-order valence-corrected chi connectivity index (χ4v) is 2.11. The number of azide groups is 1. The summed E-state index contributed by atoms with van der Waals surface area (Å²) in [4.78, 5) is 26.1. The van der Waals surface area contributed by atoms with Crippen LogP contribution in [-0.2, 0) is 14.3 Å². The van der Waals surface area contributed by atoms with Crippen LogP contribution in [-0.4, -0.2) is 49.4 Å². The molecule has 2 N–H and O–H groups in total. The van der Waals surface area contributed by atoms with E-state index in [-0.39, 0.29) is 12.5 Å². The Bertz CT molecular complexity index is 456. The molecule has 22 heavy (non-hydrogen) atoms. The number of alkyl carbamates (subject to hydrolysis) is 1. The molecular weight excluding hydrogens is 290 g/mol. The molecule has 1 aliphatic heterocycles. The van der Waals surface area contributed by atoms with Crippen molar-refractivity contribution < 1.29 is 19.1 Å². The van der Waals surface area contributed by atoms with Gasteiger partial charge in [-0.3, -0.25) is 4.79 Å². The van der Waals surface area contributed by atoms with Gasteiger partial charge in [0.25, 0.3) is 0 Å². The summed E-state index contributed by atoms with van der Waals surface area (Å²) in [6.45, 7) is 5.38. The summed E-state index contributed by atoms with van der Waals surface area (Å²) >= 11 is 0. The van der Waals surface area contributed by atoms with Gasteiger partial charge in [-0.05, 0) is 39.1 Å². The molecule has 1 fully saturated rings. The second-order valence-electron chi connectivity index (χ2n) is 6.01. The minimum atomic E-state index is -0.611. The number of likely N-dealkylation sites (N-methyl/N-ethyl adjacent to an activating group) is 1. The number of nitrogens with zero attached hydrogens (tertiary/aromatic N) is 3. The van der Waals surface area contributed by atoms with Crippen LogP contribution in [0.5, 0.6) is 0 Å². The number of rotatable bonds is 4. The Balaban J connectivity index is 2.62. The molecule has 0 spiro atoms. The molecule has 3 atom stereocenters. The van der Waals surface area contributed by atoms with Crippen molar-refractivity contribution in [2.45, 2.75) is 57.5 Å². The predicted octanol–water partition coefficient (Wildman–Crippen LogP) is 1.48. The van der Waals surface area contributed by atoms with Gasteiger partial charge in [0.05, 0.1) is 12.1 Å². The first-order chi connectivity index (χ1) is 10.3. The van der Waals surface area contributed by atoms with E-state index in [9.17, 15) is 9.59 Å². The molecule has 124 valence electrons. The lowest BCUT2D eigenvalue weighted by atomic mass is 9.98. The van der Waals surface area contributed by atoms with Crippen LogP contribution in [0.2, 0.25) is 0 Å². The average Bonchev–Trinajstić information content (AvgIpc) is 2.43. The Labute approximate surface area is 129 Å². The molecule has 1 aliphatic rings. The predicted molar refractivity (Wildman–Crippen MR) is 79.1 cm³/mol. The zero-order valence-corrected chi connectivity index (χ0v) is 13.3. The van der Waals surface area contributed by atoms with E-state index in [0.29, 0.717) is 12.8 Å². The summed E-state index contributed by atoms with van der Waals surface area (Å²) in [6, 6.07) is -0.430. The van der Waals surface area contributed by atoms with Crippen molar-refractivity contribution in [1.29, 1.82) is 0 Å². The first-order valence-electron chi connectivity index (χ1n) is 7.15. The van der Waals surface area contributed by atoms with Crippen molar-refractivity contribution in [2.75, 3.05) is 13.6 Å². The minimum absolute atomic E-state index is 0.103. The number of nitrogens with one attached hydrogen (secondary N) is 2. The highest BCUT2D eigenvalue weighted by molar-refractivity contribution is 5.80. The standard InChI is InChI=1S/C13H23N5O4/c1-13(2,3)22-12(20)16-7-10-8(17-18-14)5-6-9(21-10)11(19)15-4/h8-10H,5-7H2,1-4H3,(H,15,19)(H,16,20)/t8-,9+,10-/m1/s1. The third-order valence-electron chi connectivity index (χ3n) is 3.08. The third-order valence-corrected chi connectivity index (χ3v) is 3.08. The quantitative estimate of drug-likeness (QED) is 0.463. The van der Waals surface area contributed by atoms with Gasteiger partial charge in [-0.25, -0.2) is 4.79 Å². The smallest absolute Gasteiger partial charge is 0.407 e. The maximum absolute atomic E-state index is 11.7. The average molecular weight is 313 g/mol. The Kier molecular flexibility index (Phi) is 6.45. The summed E-state index contributed by atoms with van der Waals surface area (Å²) in [5.41, 5.74) is 7.99. The van der Waals surface area contributed by atoms with Crippen molar-refractivity contribution in [3.8, 4) is 0 Å². The lowest BCUT2D eigenvalue weighted by Crippen LogP contribution is -2.49. The number of hydrogen-bond acceptors (Lipinski definition) is 5. The first-order valence-corrected chi connectivity index (χ1v) is 7.15. The van der Waals surface area contributed by atoms with Crippen LogP contribution in [0, 0.1) is 0 Å². The molecule has 0 aromatic rings. The van der Waals surface area contributed by atoms with Gasteiger partial charge in [-0.2, -0.15) is 0 Å². The van der Waals surface area contributed by atoms with E-state index in [2.05, 4.69) is 20.7 Å². The summed E-state index contributed by atoms with van der Waals surface area (Å²) < 4.78 is 10.8. The molecule has 1 heterocycles. The molecule has 2 amide bonds. The highest BCUT2D eigenvalue weighted by Gasteiger charge is 2.34. The number of carbonyl (C=O) groups excluding carboxylic acids is 2. The Hall–Kier alpha value is -1.99. The monoisotopic (exact) mass is 313 g/mol. The van der Waals surface area contributed by atoms with Crippen molar-refractivity contribution in [2.24, 2.45) is 5.11 Å². The van der Waals surface area contributed by atoms with E-state index >= 15 is 0 Å². The molecule has 0 bridgehead atoms. The lowest BCUT2D eigenvalue weighted by molar-refractivity contribution is -0.142. The molecule has 0 aromatic carbocycles. The topological polar surface area (TPSA) is 125 Å². The van der Waals surface area contributed by atoms with Gasteiger partial charge in [0.15, 0.2) is 0 Å². The van der Waals surface area contributed by atoms with E-state index < -0.39 is 29.9 Å². The fourth-order valence-electron chi connectivity index (χ4n) is 2.11. The second kappa shape index (κ2) is 7.86.